The van der Waals surface area contributed by atoms with Crippen molar-refractivity contribution < 1.29 is 98.6 Å². The number of ether oxygens (including phenoxy) is 4. The number of aliphatic hydroxyl groups excluding tert-OH is 4. The number of aliphatic hydroxyl groups is 6. The fraction of sp³-hybridized carbons (Fsp3) is 0.391. The Bertz CT molecular complexity index is 3680. The Morgan fingerprint density at radius 1 is 0.670 bits per heavy atom. The molecule has 12 N–H and O–H groups in total. The standard InChI is InChI=1S/C37H34N2O10.C22H24N2O8.C5H10O.H2O/c1-19-22-15-10-16-23(40)25(22)30(41)26-24(19)31(48-36(44)47-18-21-13-8-5-9-14-21)28-29(39(2)3)32-27(34(43)37(28,45)33(26)42)35(38-49-32)46-17-20-11-6-4-7-12-20;1-7-8-5-4-6-9(25)11(8)16(26)12-10(7)17(27)14-15(24(2)3)18(28)13(21(23)31)20(30)22(14,32)19(12)29;1-5-3-2-4-6-5;/h4-16,19,24,28-29,31,40-41,45H,17-18H2,1-3H3;4-7,10,14-15,17,25-27,30,32H,1-3H3,(H2,23,31);5H,2-4H2,1H3;1H2/t19-,24+,28+,29-,31-,37-;7-,10+,14+,15-,17-,22-;;/m00../s1. The number of likely N-dealkylation sites (N-methyl/N-ethyl adjacent to an activating group) is 1. The minimum absolute atomic E-state index is 0. The van der Waals surface area contributed by atoms with Crippen molar-refractivity contribution in [1.82, 2.24) is 15.0 Å². The number of carbonyl (C=O) groups is 6. The number of rotatable bonds is 9. The summed E-state index contributed by atoms with van der Waals surface area (Å²) in [4.78, 5) is 84.3. The highest BCUT2D eigenvalue weighted by Crippen LogP contribution is 2.60. The van der Waals surface area contributed by atoms with Crippen LogP contribution in [0.15, 0.2) is 124 Å². The molecule has 5 aromatic rings. The third kappa shape index (κ3) is 10.3. The third-order valence-electron chi connectivity index (χ3n) is 17.9. The Morgan fingerprint density at radius 3 is 1.69 bits per heavy atom. The number of Topliss-reactive ketones (excluding diaryl/α,β-unsaturated/α-hetero) is 4. The number of nitrogens with zero attached hydrogens (tertiary/aromatic N) is 3. The van der Waals surface area contributed by atoms with Crippen LogP contribution in [-0.2, 0) is 46.6 Å². The van der Waals surface area contributed by atoms with E-state index in [1.54, 1.807) is 81.4 Å². The molecule has 13 atom stereocenters. The number of aromatic nitrogens is 1. The summed E-state index contributed by atoms with van der Waals surface area (Å²) >= 11 is 0. The Morgan fingerprint density at radius 2 is 1.19 bits per heavy atom. The second kappa shape index (κ2) is 24.4. The van der Waals surface area contributed by atoms with Gasteiger partial charge in [0.15, 0.2) is 22.7 Å². The summed E-state index contributed by atoms with van der Waals surface area (Å²) in [6, 6.07) is 24.8. The molecule has 466 valence electrons. The highest BCUT2D eigenvalue weighted by atomic mass is 16.7. The van der Waals surface area contributed by atoms with Gasteiger partial charge in [-0.2, -0.15) is 0 Å². The van der Waals surface area contributed by atoms with Crippen LogP contribution < -0.4 is 10.5 Å². The van der Waals surface area contributed by atoms with E-state index in [-0.39, 0.29) is 64.1 Å². The highest BCUT2D eigenvalue weighted by Gasteiger charge is 2.72. The summed E-state index contributed by atoms with van der Waals surface area (Å²) < 4.78 is 28.3. The average molecular weight is 1220 g/mol. The van der Waals surface area contributed by atoms with Gasteiger partial charge in [-0.3, -0.25) is 33.8 Å². The maximum atomic E-state index is 14.7. The van der Waals surface area contributed by atoms with E-state index in [9.17, 15) is 69.6 Å². The summed E-state index contributed by atoms with van der Waals surface area (Å²) in [5, 5.41) is 93.9. The maximum absolute atomic E-state index is 14.7. The predicted molar refractivity (Wildman–Crippen MR) is 311 cm³/mol. The number of benzene rings is 4. The van der Waals surface area contributed by atoms with Crippen molar-refractivity contribution in [2.75, 3.05) is 34.8 Å². The molecular formula is C64H70N4O20. The van der Waals surface area contributed by atoms with Gasteiger partial charge in [0.05, 0.1) is 47.3 Å². The first-order chi connectivity index (χ1) is 41.3. The van der Waals surface area contributed by atoms with E-state index >= 15 is 0 Å². The van der Waals surface area contributed by atoms with Gasteiger partial charge in [0.1, 0.15) is 59.2 Å². The predicted octanol–water partition coefficient (Wildman–Crippen LogP) is 4.97. The molecule has 2 heterocycles. The van der Waals surface area contributed by atoms with E-state index in [0.29, 0.717) is 22.8 Å². The molecule has 24 heteroatoms. The first-order valence-corrected chi connectivity index (χ1v) is 28.3. The number of amides is 1. The molecule has 1 unspecified atom stereocenters. The fourth-order valence-corrected chi connectivity index (χ4v) is 13.9. The van der Waals surface area contributed by atoms with Crippen molar-refractivity contribution in [2.45, 2.75) is 100 Å². The zero-order valence-electron chi connectivity index (χ0n) is 49.1. The van der Waals surface area contributed by atoms with E-state index in [0.717, 1.165) is 12.2 Å². The third-order valence-corrected chi connectivity index (χ3v) is 17.9. The molecule has 4 aromatic carbocycles. The van der Waals surface area contributed by atoms with Gasteiger partial charge in [0.25, 0.3) is 11.8 Å². The van der Waals surface area contributed by atoms with Crippen LogP contribution in [-0.4, -0.2) is 167 Å². The second-order valence-corrected chi connectivity index (χ2v) is 23.4. The smallest absolute Gasteiger partial charge is 0.508 e. The Hall–Kier alpha value is -8.75. The maximum Gasteiger partial charge on any atom is 0.508 e. The number of nitrogens with two attached hydrogens (primary N) is 1. The minimum Gasteiger partial charge on any atom is -0.508 e. The first kappa shape index (κ1) is 63.7. The van der Waals surface area contributed by atoms with E-state index < -0.39 is 135 Å². The number of primary amides is 1. The van der Waals surface area contributed by atoms with Gasteiger partial charge >= 0.3 is 6.16 Å². The Kier molecular flexibility index (Phi) is 17.7. The molecule has 0 radical (unpaired) electrons. The summed E-state index contributed by atoms with van der Waals surface area (Å²) in [6.07, 6.45) is -1.05. The fourth-order valence-electron chi connectivity index (χ4n) is 13.9. The first-order valence-electron chi connectivity index (χ1n) is 28.3. The largest absolute Gasteiger partial charge is 0.508 e. The monoisotopic (exact) mass is 1210 g/mol. The second-order valence-electron chi connectivity index (χ2n) is 23.4. The van der Waals surface area contributed by atoms with Gasteiger partial charge in [0, 0.05) is 29.6 Å². The van der Waals surface area contributed by atoms with Gasteiger partial charge in [-0.15, -0.1) is 0 Å². The van der Waals surface area contributed by atoms with Crippen LogP contribution in [0.1, 0.15) is 101 Å². The number of fused-ring (bicyclic) bond motifs is 7. The number of ketones is 4. The molecular weight excluding hydrogens is 1140 g/mol. The van der Waals surface area contributed by atoms with Crippen molar-refractivity contribution in [3.63, 3.8) is 0 Å². The molecule has 0 spiro atoms. The van der Waals surface area contributed by atoms with Gasteiger partial charge in [-0.05, 0) is 99.3 Å². The Labute approximate surface area is 504 Å². The zero-order chi connectivity index (χ0) is 62.9. The molecule has 6 aliphatic carbocycles. The van der Waals surface area contributed by atoms with Crippen LogP contribution in [0.3, 0.4) is 0 Å². The van der Waals surface area contributed by atoms with Crippen LogP contribution in [0.5, 0.6) is 17.4 Å². The summed E-state index contributed by atoms with van der Waals surface area (Å²) in [5.74, 6) is -15.3. The molecule has 1 aliphatic heterocycles. The van der Waals surface area contributed by atoms with Gasteiger partial charge in [-0.25, -0.2) is 4.79 Å². The summed E-state index contributed by atoms with van der Waals surface area (Å²) in [7, 11) is 6.24. The zero-order valence-corrected chi connectivity index (χ0v) is 49.1. The topological polar surface area (TPSA) is 391 Å². The average Bonchev–Trinajstić information content (AvgIpc) is 1.06. The normalized spacial score (nSPS) is 29.1. The molecule has 1 amide bonds. The molecule has 24 nitrogen and oxygen atoms in total. The number of aromatic hydroxyl groups is 2. The van der Waals surface area contributed by atoms with Crippen molar-refractivity contribution in [1.29, 1.82) is 0 Å². The van der Waals surface area contributed by atoms with Gasteiger partial charge < -0.3 is 75.5 Å². The van der Waals surface area contributed by atoms with Crippen molar-refractivity contribution in [3.8, 4) is 17.4 Å². The highest BCUT2D eigenvalue weighted by molar-refractivity contribution is 6.27. The number of carbonyl (C=O) groups excluding carboxylic acids is 6. The molecule has 1 aromatic heterocycles. The molecule has 1 saturated heterocycles. The summed E-state index contributed by atoms with van der Waals surface area (Å²) in [6.45, 7) is 6.42. The SMILES string of the molecule is CC1CCCO1.C[C@H]1c2cccc(O)c2C(O)=C2C(=O)[C@]3(O)C(=O)c4c(OCc5ccccc5)noc4[C@@H](N(C)C)[C@@H]3[C@@H](OC(=O)OCc3ccccc3)[C@@H]21.C[C@H]1c2cccc(O)c2C(O)=C2C(=O)[C@]3(O)C(O)=C(C(N)=O)C(=O)[C@@H](N(C)C)[C@@H]3[C@@H](O)[C@@H]21.O. The van der Waals surface area contributed by atoms with Crippen LogP contribution in [0.4, 0.5) is 4.79 Å². The van der Waals surface area contributed by atoms with Crippen LogP contribution >= 0.6 is 0 Å². The molecule has 88 heavy (non-hydrogen) atoms. The van der Waals surface area contributed by atoms with E-state index in [1.807, 2.05) is 36.4 Å². The molecule has 12 rings (SSSR count). The number of phenols is 2. The molecule has 7 aliphatic rings. The lowest BCUT2D eigenvalue weighted by molar-refractivity contribution is -0.169. The molecule has 2 saturated carbocycles. The lowest BCUT2D eigenvalue weighted by Crippen LogP contribution is -2.70. The van der Waals surface area contributed by atoms with Crippen LogP contribution in [0.2, 0.25) is 0 Å². The van der Waals surface area contributed by atoms with Gasteiger partial charge in [-0.1, -0.05) is 98.8 Å². The lowest BCUT2D eigenvalue weighted by Gasteiger charge is -2.53. The van der Waals surface area contributed by atoms with E-state index in [4.69, 9.17) is 29.2 Å². The Balaban J connectivity index is 0.000000202. The molecule has 0 bridgehead atoms. The number of hydrogen-bond donors (Lipinski definition) is 9. The lowest BCUT2D eigenvalue weighted by atomic mass is 9.54. The van der Waals surface area contributed by atoms with Crippen molar-refractivity contribution in [2.24, 2.45) is 29.4 Å². The summed E-state index contributed by atoms with van der Waals surface area (Å²) in [5.41, 5.74) is -0.0656. The van der Waals surface area contributed by atoms with Crippen LogP contribution in [0, 0.1) is 23.7 Å². The van der Waals surface area contributed by atoms with E-state index in [1.165, 1.54) is 44.0 Å². The van der Waals surface area contributed by atoms with Crippen molar-refractivity contribution >= 4 is 46.7 Å². The minimum atomic E-state index is -2.89. The number of phenolic OH excluding ortho intramolecular Hbond substituents is 2. The van der Waals surface area contributed by atoms with E-state index in [2.05, 4.69) is 12.1 Å². The van der Waals surface area contributed by atoms with Gasteiger partial charge in [0.2, 0.25) is 17.3 Å². The number of hydrogen-bond acceptors (Lipinski definition) is 22. The molecule has 3 fully saturated rings. The van der Waals surface area contributed by atoms with Crippen molar-refractivity contribution in [3.05, 3.63) is 164 Å². The quantitative estimate of drug-likeness (QED) is 0.0534. The van der Waals surface area contributed by atoms with Crippen LogP contribution in [0.25, 0.3) is 11.5 Å².